The van der Waals surface area contributed by atoms with Crippen molar-refractivity contribution in [3.05, 3.63) is 59.7 Å². The topological polar surface area (TPSA) is 38.3 Å². The van der Waals surface area contributed by atoms with Crippen LogP contribution in [0.2, 0.25) is 0 Å². The number of carbonyl (C=O) groups excluding carboxylic acids is 1. The Kier molecular flexibility index (Phi) is 2.22. The van der Waals surface area contributed by atoms with E-state index in [4.69, 9.17) is 4.74 Å². The molecule has 0 radical (unpaired) electrons. The molecule has 1 aliphatic heterocycles. The number of carbonyl (C=O) groups is 1. The third kappa shape index (κ3) is 1.38. The highest BCUT2D eigenvalue weighted by Crippen LogP contribution is 2.64. The van der Waals surface area contributed by atoms with E-state index in [1.165, 1.54) is 5.56 Å². The van der Waals surface area contributed by atoms with Crippen LogP contribution in [0.5, 0.6) is 5.75 Å². The van der Waals surface area contributed by atoms with Gasteiger partial charge in [0, 0.05) is 11.6 Å². The molecule has 3 heteroatoms. The molecule has 2 aromatic rings. The number of nitrogens with one attached hydrogen (secondary N) is 1. The number of para-hydroxylation sites is 1. The van der Waals surface area contributed by atoms with E-state index in [9.17, 15) is 4.79 Å². The van der Waals surface area contributed by atoms with Gasteiger partial charge in [0.2, 0.25) is 5.91 Å². The zero-order chi connectivity index (χ0) is 13.7. The van der Waals surface area contributed by atoms with E-state index < -0.39 is 0 Å². The fourth-order valence-corrected chi connectivity index (χ4v) is 3.39. The van der Waals surface area contributed by atoms with E-state index in [0.29, 0.717) is 0 Å². The van der Waals surface area contributed by atoms with Gasteiger partial charge in [0.25, 0.3) is 0 Å². The summed E-state index contributed by atoms with van der Waals surface area (Å²) in [6.45, 7) is 0. The summed E-state index contributed by atoms with van der Waals surface area (Å²) in [5.41, 5.74) is 2.97. The summed E-state index contributed by atoms with van der Waals surface area (Å²) < 4.78 is 5.18. The van der Waals surface area contributed by atoms with E-state index in [-0.39, 0.29) is 17.2 Å². The molecule has 1 spiro atoms. The highest BCUT2D eigenvalue weighted by molar-refractivity contribution is 6.09. The fraction of sp³-hybridized carbons (Fsp3) is 0.235. The molecular weight excluding hydrogens is 250 g/mol. The second kappa shape index (κ2) is 3.85. The van der Waals surface area contributed by atoms with Gasteiger partial charge in [0.15, 0.2) is 0 Å². The quantitative estimate of drug-likeness (QED) is 0.906. The molecule has 1 aliphatic carbocycles. The van der Waals surface area contributed by atoms with E-state index in [0.717, 1.165) is 23.4 Å². The summed E-state index contributed by atoms with van der Waals surface area (Å²) in [6, 6.07) is 16.1. The molecule has 0 aromatic heterocycles. The number of methoxy groups -OCH3 is 1. The van der Waals surface area contributed by atoms with Gasteiger partial charge in [0.1, 0.15) is 5.75 Å². The first-order valence-electron chi connectivity index (χ1n) is 6.80. The van der Waals surface area contributed by atoms with E-state index in [1.807, 2.05) is 30.3 Å². The van der Waals surface area contributed by atoms with Crippen LogP contribution in [0.1, 0.15) is 23.5 Å². The average Bonchev–Trinajstić information content (AvgIpc) is 3.18. The van der Waals surface area contributed by atoms with Crippen molar-refractivity contribution in [1.82, 2.24) is 0 Å². The minimum atomic E-state index is -0.342. The maximum Gasteiger partial charge on any atom is 0.235 e. The summed E-state index contributed by atoms with van der Waals surface area (Å²) in [4.78, 5) is 12.4. The van der Waals surface area contributed by atoms with Gasteiger partial charge in [-0.1, -0.05) is 30.3 Å². The number of anilines is 1. The Balaban J connectivity index is 1.73. The van der Waals surface area contributed by atoms with E-state index in [2.05, 4.69) is 23.5 Å². The van der Waals surface area contributed by atoms with Crippen molar-refractivity contribution in [2.45, 2.75) is 17.8 Å². The van der Waals surface area contributed by atoms with Crippen LogP contribution >= 0.6 is 0 Å². The molecule has 0 saturated heterocycles. The first-order valence-corrected chi connectivity index (χ1v) is 6.80. The van der Waals surface area contributed by atoms with Crippen LogP contribution in [0.25, 0.3) is 0 Å². The molecule has 2 atom stereocenters. The standard InChI is InChI=1S/C17H15NO2/c1-20-12-8-6-11(7-9-12)14-10-17(14)13-4-2-3-5-15(13)18-16(17)19/h2-9,14H,10H2,1H3,(H,18,19)/t14-,17-/m0/s1. The van der Waals surface area contributed by atoms with Crippen molar-refractivity contribution < 1.29 is 9.53 Å². The van der Waals surface area contributed by atoms with Crippen molar-refractivity contribution in [2.24, 2.45) is 0 Å². The fourth-order valence-electron chi connectivity index (χ4n) is 3.39. The first-order chi connectivity index (χ1) is 9.75. The van der Waals surface area contributed by atoms with Gasteiger partial charge in [-0.15, -0.1) is 0 Å². The lowest BCUT2D eigenvalue weighted by Crippen LogP contribution is -2.20. The van der Waals surface area contributed by atoms with Crippen LogP contribution in [0, 0.1) is 0 Å². The SMILES string of the molecule is COc1ccc([C@@H]2C[C@@]23C(=O)Nc2ccccc23)cc1. The van der Waals surface area contributed by atoms with Crippen molar-refractivity contribution in [1.29, 1.82) is 0 Å². The van der Waals surface area contributed by atoms with Crippen LogP contribution in [0.3, 0.4) is 0 Å². The predicted molar refractivity (Wildman–Crippen MR) is 77.1 cm³/mol. The van der Waals surface area contributed by atoms with Crippen molar-refractivity contribution >= 4 is 11.6 Å². The highest BCUT2D eigenvalue weighted by atomic mass is 16.5. The molecule has 1 amide bonds. The third-order valence-electron chi connectivity index (χ3n) is 4.54. The largest absolute Gasteiger partial charge is 0.497 e. The summed E-state index contributed by atoms with van der Waals surface area (Å²) in [7, 11) is 1.66. The van der Waals surface area contributed by atoms with Gasteiger partial charge < -0.3 is 10.1 Å². The Morgan fingerprint density at radius 2 is 1.90 bits per heavy atom. The molecule has 1 fully saturated rings. The molecule has 100 valence electrons. The smallest absolute Gasteiger partial charge is 0.235 e. The zero-order valence-electron chi connectivity index (χ0n) is 11.2. The summed E-state index contributed by atoms with van der Waals surface area (Å²) in [5, 5.41) is 3.01. The van der Waals surface area contributed by atoms with Crippen LogP contribution in [0.15, 0.2) is 48.5 Å². The van der Waals surface area contributed by atoms with Crippen molar-refractivity contribution in [3.63, 3.8) is 0 Å². The molecule has 3 nitrogen and oxygen atoms in total. The average molecular weight is 265 g/mol. The molecule has 0 bridgehead atoms. The Labute approximate surface area is 117 Å². The Morgan fingerprint density at radius 3 is 2.65 bits per heavy atom. The van der Waals surface area contributed by atoms with Crippen molar-refractivity contribution in [2.75, 3.05) is 12.4 Å². The lowest BCUT2D eigenvalue weighted by Gasteiger charge is -2.09. The minimum absolute atomic E-state index is 0.138. The van der Waals surface area contributed by atoms with Crippen LogP contribution < -0.4 is 10.1 Å². The Bertz CT molecular complexity index is 692. The molecule has 2 aromatic carbocycles. The maximum absolute atomic E-state index is 12.4. The first kappa shape index (κ1) is 11.5. The van der Waals surface area contributed by atoms with E-state index in [1.54, 1.807) is 7.11 Å². The number of hydrogen-bond acceptors (Lipinski definition) is 2. The number of hydrogen-bond donors (Lipinski definition) is 1. The second-order valence-corrected chi connectivity index (χ2v) is 5.50. The molecule has 20 heavy (non-hydrogen) atoms. The van der Waals surface area contributed by atoms with Gasteiger partial charge in [-0.25, -0.2) is 0 Å². The lowest BCUT2D eigenvalue weighted by atomic mass is 9.92. The number of fused-ring (bicyclic) bond motifs is 2. The maximum atomic E-state index is 12.4. The van der Waals surface area contributed by atoms with Gasteiger partial charge in [0.05, 0.1) is 12.5 Å². The summed E-state index contributed by atoms with van der Waals surface area (Å²) >= 11 is 0. The summed E-state index contributed by atoms with van der Waals surface area (Å²) in [6.07, 6.45) is 0.891. The van der Waals surface area contributed by atoms with Gasteiger partial charge in [-0.3, -0.25) is 4.79 Å². The third-order valence-corrected chi connectivity index (χ3v) is 4.54. The normalized spacial score (nSPS) is 26.2. The van der Waals surface area contributed by atoms with Gasteiger partial charge in [-0.2, -0.15) is 0 Å². The molecule has 1 N–H and O–H groups in total. The minimum Gasteiger partial charge on any atom is -0.497 e. The molecule has 4 rings (SSSR count). The second-order valence-electron chi connectivity index (χ2n) is 5.50. The lowest BCUT2D eigenvalue weighted by molar-refractivity contribution is -0.118. The Hall–Kier alpha value is -2.29. The molecule has 1 heterocycles. The number of benzene rings is 2. The highest BCUT2D eigenvalue weighted by Gasteiger charge is 2.64. The zero-order valence-corrected chi connectivity index (χ0v) is 11.2. The monoisotopic (exact) mass is 265 g/mol. The van der Waals surface area contributed by atoms with Crippen LogP contribution in [0.4, 0.5) is 5.69 Å². The molecular formula is C17H15NO2. The predicted octanol–water partition coefficient (Wildman–Crippen LogP) is 3.07. The Morgan fingerprint density at radius 1 is 1.15 bits per heavy atom. The van der Waals surface area contributed by atoms with Gasteiger partial charge >= 0.3 is 0 Å². The van der Waals surface area contributed by atoms with Crippen LogP contribution in [-0.4, -0.2) is 13.0 Å². The molecule has 0 unspecified atom stereocenters. The number of rotatable bonds is 2. The van der Waals surface area contributed by atoms with Gasteiger partial charge in [-0.05, 0) is 35.7 Å². The summed E-state index contributed by atoms with van der Waals surface area (Å²) in [5.74, 6) is 1.26. The molecule has 1 saturated carbocycles. The molecule has 2 aliphatic rings. The van der Waals surface area contributed by atoms with E-state index >= 15 is 0 Å². The van der Waals surface area contributed by atoms with Crippen LogP contribution in [-0.2, 0) is 10.2 Å². The number of ether oxygens (including phenoxy) is 1. The number of amides is 1. The van der Waals surface area contributed by atoms with Crippen molar-refractivity contribution in [3.8, 4) is 5.75 Å².